The lowest BCUT2D eigenvalue weighted by Gasteiger charge is -2.44. The zero-order valence-electron chi connectivity index (χ0n) is 16.3. The van der Waals surface area contributed by atoms with Gasteiger partial charge in [-0.1, -0.05) is 32.9 Å². The topological polar surface area (TPSA) is 30.2 Å². The van der Waals surface area contributed by atoms with Gasteiger partial charge < -0.3 is 0 Å². The summed E-state index contributed by atoms with van der Waals surface area (Å²) in [7, 11) is -0.774. The molecule has 1 heterocycles. The molecule has 0 amide bonds. The normalized spacial score (nSPS) is 14.1. The molecule has 0 saturated heterocycles. The van der Waals surface area contributed by atoms with Crippen molar-refractivity contribution in [1.29, 1.82) is 0 Å². The number of aryl methyl sites for hydroxylation is 2. The van der Waals surface area contributed by atoms with Crippen LogP contribution in [-0.2, 0) is 5.88 Å². The van der Waals surface area contributed by atoms with Gasteiger partial charge in [-0.25, -0.2) is 10.0 Å². The van der Waals surface area contributed by atoms with E-state index in [1.807, 2.05) is 6.20 Å². The molecule has 0 spiro atoms. The Morgan fingerprint density at radius 3 is 2.50 bits per heavy atom. The Labute approximate surface area is 148 Å². The summed E-state index contributed by atoms with van der Waals surface area (Å²) in [6.07, 6.45) is 8.82. The van der Waals surface area contributed by atoms with Gasteiger partial charge in [0.2, 0.25) is 0 Å². The fraction of sp³-hybridized carbons (Fsp3) is 0.500. The molecule has 0 aliphatic rings. The van der Waals surface area contributed by atoms with Gasteiger partial charge in [-0.2, -0.15) is 5.10 Å². The number of nitrogens with zero attached hydrogens (tertiary/aromatic N) is 3. The highest BCUT2D eigenvalue weighted by atomic mass is 32.3. The van der Waals surface area contributed by atoms with Crippen LogP contribution in [0.2, 0.25) is 0 Å². The van der Waals surface area contributed by atoms with Gasteiger partial charge in [-0.05, 0) is 55.2 Å². The van der Waals surface area contributed by atoms with Crippen molar-refractivity contribution in [2.24, 2.45) is 4.99 Å². The Kier molecular flexibility index (Phi) is 5.28. The Morgan fingerprint density at radius 2 is 1.88 bits per heavy atom. The molecule has 132 valence electrons. The van der Waals surface area contributed by atoms with Gasteiger partial charge in [0.1, 0.15) is 0 Å². The van der Waals surface area contributed by atoms with Crippen LogP contribution in [-0.4, -0.2) is 32.8 Å². The number of benzene rings is 1. The molecule has 0 aliphatic carbocycles. The summed E-state index contributed by atoms with van der Waals surface area (Å²) in [5.41, 5.74) is 5.59. The van der Waals surface area contributed by atoms with Gasteiger partial charge in [0.25, 0.3) is 0 Å². The standard InChI is InChI=1S/C20H31N3S/c1-15-9-10-16(2)19(11-15)22-17(3)18-12-21-23(13-18)14-24(7,8)20(4,5)6/h9-13H,14H2,1-8H3. The molecule has 0 atom stereocenters. The molecule has 0 bridgehead atoms. The summed E-state index contributed by atoms with van der Waals surface area (Å²) >= 11 is 0. The van der Waals surface area contributed by atoms with Crippen LogP contribution in [0.1, 0.15) is 44.4 Å². The number of hydrogen-bond donors (Lipinski definition) is 0. The van der Waals surface area contributed by atoms with E-state index >= 15 is 0 Å². The van der Waals surface area contributed by atoms with Crippen molar-refractivity contribution in [2.75, 3.05) is 12.5 Å². The van der Waals surface area contributed by atoms with E-state index in [2.05, 4.69) is 88.2 Å². The lowest BCUT2D eigenvalue weighted by molar-refractivity contribution is 0.713. The van der Waals surface area contributed by atoms with E-state index in [4.69, 9.17) is 4.99 Å². The molecule has 0 aliphatic heterocycles. The summed E-state index contributed by atoms with van der Waals surface area (Å²) < 4.78 is 2.39. The third-order valence-corrected chi connectivity index (χ3v) is 9.04. The minimum Gasteiger partial charge on any atom is -0.264 e. The van der Waals surface area contributed by atoms with E-state index in [1.54, 1.807) is 0 Å². The van der Waals surface area contributed by atoms with Crippen LogP contribution in [0.4, 0.5) is 5.69 Å². The third-order valence-electron chi connectivity index (χ3n) is 4.82. The monoisotopic (exact) mass is 345 g/mol. The molecule has 1 aromatic carbocycles. The number of aromatic nitrogens is 2. The zero-order valence-corrected chi connectivity index (χ0v) is 17.2. The van der Waals surface area contributed by atoms with E-state index in [0.29, 0.717) is 4.75 Å². The van der Waals surface area contributed by atoms with Crippen LogP contribution in [0.25, 0.3) is 0 Å². The quantitative estimate of drug-likeness (QED) is 0.677. The van der Waals surface area contributed by atoms with E-state index in [-0.39, 0.29) is 0 Å². The molecule has 4 heteroatoms. The summed E-state index contributed by atoms with van der Waals surface area (Å²) in [6.45, 7) is 13.2. The van der Waals surface area contributed by atoms with Gasteiger partial charge in [-0.15, -0.1) is 0 Å². The Morgan fingerprint density at radius 1 is 1.21 bits per heavy atom. The number of aliphatic imine (C=N–C) groups is 1. The van der Waals surface area contributed by atoms with Crippen LogP contribution in [0.15, 0.2) is 35.6 Å². The fourth-order valence-electron chi connectivity index (χ4n) is 2.23. The summed E-state index contributed by atoms with van der Waals surface area (Å²) in [6, 6.07) is 6.38. The molecule has 0 fully saturated rings. The lowest BCUT2D eigenvalue weighted by atomic mass is 10.1. The van der Waals surface area contributed by atoms with Crippen molar-refractivity contribution >= 4 is 21.4 Å². The van der Waals surface area contributed by atoms with Crippen LogP contribution >= 0.6 is 10.0 Å². The molecule has 2 rings (SSSR count). The second-order valence-electron chi connectivity index (χ2n) is 8.04. The first-order valence-electron chi connectivity index (χ1n) is 8.35. The van der Waals surface area contributed by atoms with Crippen molar-refractivity contribution in [3.8, 4) is 0 Å². The highest BCUT2D eigenvalue weighted by Crippen LogP contribution is 2.53. The SMILES string of the molecule is CC(=Nc1cc(C)ccc1C)c1cnn(CS(C)(C)C(C)(C)C)c1. The summed E-state index contributed by atoms with van der Waals surface area (Å²) in [5.74, 6) is 0.979. The molecule has 0 unspecified atom stereocenters. The third kappa shape index (κ3) is 4.29. The molecular formula is C20H31N3S. The Bertz CT molecular complexity index is 748. The Hall–Kier alpha value is -1.55. The van der Waals surface area contributed by atoms with Crippen LogP contribution < -0.4 is 0 Å². The second kappa shape index (κ2) is 6.75. The van der Waals surface area contributed by atoms with Crippen molar-refractivity contribution in [3.63, 3.8) is 0 Å². The second-order valence-corrected chi connectivity index (χ2v) is 12.6. The highest BCUT2D eigenvalue weighted by Gasteiger charge is 2.28. The minimum absolute atomic E-state index is 0.306. The van der Waals surface area contributed by atoms with E-state index in [0.717, 1.165) is 22.8 Å². The van der Waals surface area contributed by atoms with Gasteiger partial charge in [-0.3, -0.25) is 9.67 Å². The average molecular weight is 346 g/mol. The largest absolute Gasteiger partial charge is 0.264 e. The van der Waals surface area contributed by atoms with Crippen LogP contribution in [0.3, 0.4) is 0 Å². The predicted octanol–water partition coefficient (Wildman–Crippen LogP) is 5.46. The van der Waals surface area contributed by atoms with E-state index in [9.17, 15) is 0 Å². The Balaban J connectivity index is 2.24. The van der Waals surface area contributed by atoms with Crippen molar-refractivity contribution < 1.29 is 0 Å². The summed E-state index contributed by atoms with van der Waals surface area (Å²) in [5, 5.41) is 4.57. The predicted molar refractivity (Wildman–Crippen MR) is 109 cm³/mol. The molecule has 1 aromatic heterocycles. The molecule has 0 radical (unpaired) electrons. The van der Waals surface area contributed by atoms with Gasteiger partial charge >= 0.3 is 0 Å². The molecule has 0 saturated carbocycles. The maximum atomic E-state index is 4.82. The molecular weight excluding hydrogens is 314 g/mol. The number of rotatable bonds is 4. The molecule has 3 nitrogen and oxygen atoms in total. The average Bonchev–Trinajstić information content (AvgIpc) is 2.89. The smallest absolute Gasteiger partial charge is 0.0712 e. The van der Waals surface area contributed by atoms with Gasteiger partial charge in [0.15, 0.2) is 0 Å². The van der Waals surface area contributed by atoms with Crippen molar-refractivity contribution in [3.05, 3.63) is 47.3 Å². The molecule has 0 N–H and O–H groups in total. The number of hydrogen-bond acceptors (Lipinski definition) is 2. The van der Waals surface area contributed by atoms with Crippen molar-refractivity contribution in [2.45, 2.75) is 52.2 Å². The fourth-order valence-corrected chi connectivity index (χ4v) is 3.42. The van der Waals surface area contributed by atoms with E-state index < -0.39 is 10.0 Å². The minimum atomic E-state index is -0.774. The molecule has 24 heavy (non-hydrogen) atoms. The van der Waals surface area contributed by atoms with Crippen molar-refractivity contribution in [1.82, 2.24) is 9.78 Å². The summed E-state index contributed by atoms with van der Waals surface area (Å²) in [4.78, 5) is 4.82. The highest BCUT2D eigenvalue weighted by molar-refractivity contribution is 8.32. The first-order valence-corrected chi connectivity index (χ1v) is 11.0. The zero-order chi connectivity index (χ0) is 18.1. The van der Waals surface area contributed by atoms with Gasteiger partial charge in [0.05, 0.1) is 17.8 Å². The van der Waals surface area contributed by atoms with Crippen LogP contribution in [0.5, 0.6) is 0 Å². The maximum Gasteiger partial charge on any atom is 0.0712 e. The first kappa shape index (κ1) is 18.8. The first-order chi connectivity index (χ1) is 11.0. The van der Waals surface area contributed by atoms with Gasteiger partial charge in [0, 0.05) is 17.5 Å². The van der Waals surface area contributed by atoms with Crippen LogP contribution in [0, 0.1) is 13.8 Å². The molecule has 2 aromatic rings. The lowest BCUT2D eigenvalue weighted by Crippen LogP contribution is -2.26. The van der Waals surface area contributed by atoms with E-state index in [1.165, 1.54) is 11.1 Å². The maximum absolute atomic E-state index is 4.82.